The molecule has 5 heteroatoms. The largest absolute Gasteiger partial charge is 0.494 e. The zero-order chi connectivity index (χ0) is 21.5. The number of carbonyl (C=O) groups is 1. The summed E-state index contributed by atoms with van der Waals surface area (Å²) in [6.45, 7) is 3.56. The van der Waals surface area contributed by atoms with Gasteiger partial charge in [0.1, 0.15) is 5.75 Å². The van der Waals surface area contributed by atoms with Crippen molar-refractivity contribution in [2.45, 2.75) is 58.4 Å². The number of aryl methyl sites for hydroxylation is 2. The molecule has 1 amide bonds. The van der Waals surface area contributed by atoms with Gasteiger partial charge in [0.2, 0.25) is 5.91 Å². The van der Waals surface area contributed by atoms with Crippen LogP contribution in [0.5, 0.6) is 5.75 Å². The second-order valence-corrected chi connectivity index (χ2v) is 8.12. The Kier molecular flexibility index (Phi) is 7.03. The van der Waals surface area contributed by atoms with Gasteiger partial charge in [-0.05, 0) is 73.6 Å². The highest BCUT2D eigenvalue weighted by Gasteiger charge is 2.19. The number of benzene rings is 2. The molecule has 162 valence electrons. The summed E-state index contributed by atoms with van der Waals surface area (Å²) in [6.07, 6.45) is 8.96. The van der Waals surface area contributed by atoms with Crippen molar-refractivity contribution in [1.29, 1.82) is 0 Å². The molecule has 5 nitrogen and oxygen atoms in total. The molecule has 1 heterocycles. The first-order valence-electron chi connectivity index (χ1n) is 11.4. The van der Waals surface area contributed by atoms with Crippen molar-refractivity contribution in [3.05, 3.63) is 65.4 Å². The molecule has 4 rings (SSSR count). The van der Waals surface area contributed by atoms with Gasteiger partial charge in [-0.15, -0.1) is 0 Å². The van der Waals surface area contributed by atoms with E-state index in [4.69, 9.17) is 4.74 Å². The first-order valence-corrected chi connectivity index (χ1v) is 11.4. The molecule has 0 atom stereocenters. The van der Waals surface area contributed by atoms with Crippen LogP contribution in [0, 0.1) is 0 Å². The van der Waals surface area contributed by atoms with Gasteiger partial charge in [-0.3, -0.25) is 4.79 Å². The molecule has 1 aliphatic rings. The molecule has 2 aromatic carbocycles. The topological polar surface area (TPSA) is 55.6 Å². The second kappa shape index (κ2) is 10.3. The Hall–Kier alpha value is -3.08. The van der Waals surface area contributed by atoms with Crippen molar-refractivity contribution in [3.8, 4) is 5.75 Å². The zero-order valence-electron chi connectivity index (χ0n) is 18.3. The summed E-state index contributed by atoms with van der Waals surface area (Å²) in [5, 5.41) is 5.47. The monoisotopic (exact) mass is 417 g/mol. The Morgan fingerprint density at radius 2 is 1.94 bits per heavy atom. The molecule has 0 spiro atoms. The molecule has 0 bridgehead atoms. The lowest BCUT2D eigenvalue weighted by molar-refractivity contribution is -0.121. The van der Waals surface area contributed by atoms with Crippen molar-refractivity contribution < 1.29 is 9.53 Å². The number of aromatic nitrogens is 1. The van der Waals surface area contributed by atoms with E-state index in [1.165, 1.54) is 35.0 Å². The van der Waals surface area contributed by atoms with Crippen LogP contribution in [0.4, 0.5) is 0 Å². The Morgan fingerprint density at radius 1 is 1.13 bits per heavy atom. The van der Waals surface area contributed by atoms with Gasteiger partial charge in [0.15, 0.2) is 0 Å². The second-order valence-electron chi connectivity index (χ2n) is 8.12. The first-order chi connectivity index (χ1) is 15.3. The number of amides is 1. The van der Waals surface area contributed by atoms with E-state index in [0.717, 1.165) is 43.6 Å². The minimum atomic E-state index is -0.0712. The van der Waals surface area contributed by atoms with E-state index in [1.54, 1.807) is 6.21 Å². The smallest absolute Gasteiger partial charge is 0.241 e. The summed E-state index contributed by atoms with van der Waals surface area (Å²) >= 11 is 0. The van der Waals surface area contributed by atoms with Crippen LogP contribution in [0.15, 0.2) is 53.6 Å². The quantitative estimate of drug-likeness (QED) is 0.294. The van der Waals surface area contributed by atoms with Crippen molar-refractivity contribution >= 4 is 23.0 Å². The number of rotatable bonds is 9. The van der Waals surface area contributed by atoms with E-state index in [-0.39, 0.29) is 5.91 Å². The predicted molar refractivity (Wildman–Crippen MR) is 126 cm³/mol. The molecular weight excluding hydrogens is 386 g/mol. The van der Waals surface area contributed by atoms with Gasteiger partial charge in [-0.25, -0.2) is 5.43 Å². The molecule has 3 aromatic rings. The fourth-order valence-electron chi connectivity index (χ4n) is 4.27. The highest BCUT2D eigenvalue weighted by molar-refractivity contribution is 5.86. The van der Waals surface area contributed by atoms with Crippen LogP contribution in [0.3, 0.4) is 0 Å². The van der Waals surface area contributed by atoms with Crippen LogP contribution in [-0.4, -0.2) is 23.3 Å². The van der Waals surface area contributed by atoms with Gasteiger partial charge < -0.3 is 9.30 Å². The number of nitrogens with one attached hydrogen (secondary N) is 1. The lowest BCUT2D eigenvalue weighted by Crippen LogP contribution is -2.20. The van der Waals surface area contributed by atoms with Crippen molar-refractivity contribution in [2.24, 2.45) is 5.10 Å². The molecule has 1 aromatic heterocycles. The number of carbonyl (C=O) groups excluding carboxylic acids is 1. The summed E-state index contributed by atoms with van der Waals surface area (Å²) < 4.78 is 8.00. The number of hydrogen-bond donors (Lipinski definition) is 1. The average molecular weight is 418 g/mol. The van der Waals surface area contributed by atoms with Crippen molar-refractivity contribution in [2.75, 3.05) is 6.61 Å². The third kappa shape index (κ3) is 5.16. The van der Waals surface area contributed by atoms with Crippen molar-refractivity contribution in [1.82, 2.24) is 9.99 Å². The summed E-state index contributed by atoms with van der Waals surface area (Å²) in [4.78, 5) is 12.4. The summed E-state index contributed by atoms with van der Waals surface area (Å²) in [5.74, 6) is 0.787. The maximum atomic E-state index is 12.4. The van der Waals surface area contributed by atoms with E-state index < -0.39 is 0 Å². The lowest BCUT2D eigenvalue weighted by Gasteiger charge is -2.15. The van der Waals surface area contributed by atoms with E-state index in [0.29, 0.717) is 13.0 Å². The summed E-state index contributed by atoms with van der Waals surface area (Å²) in [6, 6.07) is 16.3. The van der Waals surface area contributed by atoms with Gasteiger partial charge in [0.05, 0.1) is 12.8 Å². The normalized spacial score (nSPS) is 13.5. The van der Waals surface area contributed by atoms with E-state index in [1.807, 2.05) is 24.3 Å². The Balaban J connectivity index is 1.32. The standard InChI is InChI=1S/C26H31N3O2/c1-2-3-18-31-21-14-12-20(13-15-21)19-27-28-26(30)16-17-29-24-10-6-4-8-22(24)23-9-5-7-11-25(23)29/h4,6,8,10,12-15,19H,2-3,5,7,9,11,16-18H2,1H3,(H,28,30). The molecule has 0 unspecified atom stereocenters. The number of unbranched alkanes of at least 4 members (excludes halogenated alkanes) is 1. The third-order valence-corrected chi connectivity index (χ3v) is 5.90. The first kappa shape index (κ1) is 21.2. The summed E-state index contributed by atoms with van der Waals surface area (Å²) in [7, 11) is 0. The van der Waals surface area contributed by atoms with Gasteiger partial charge in [-0.1, -0.05) is 31.5 Å². The number of para-hydroxylation sites is 1. The molecule has 0 radical (unpaired) electrons. The van der Waals surface area contributed by atoms with E-state index >= 15 is 0 Å². The maximum Gasteiger partial charge on any atom is 0.241 e. The fourth-order valence-corrected chi connectivity index (χ4v) is 4.27. The molecule has 1 N–H and O–H groups in total. The average Bonchev–Trinajstić information content (AvgIpc) is 3.13. The Morgan fingerprint density at radius 3 is 2.77 bits per heavy atom. The van der Waals surface area contributed by atoms with Gasteiger partial charge in [-0.2, -0.15) is 5.10 Å². The summed E-state index contributed by atoms with van der Waals surface area (Å²) in [5.41, 5.74) is 7.71. The molecule has 0 aliphatic heterocycles. The van der Waals surface area contributed by atoms with Crippen LogP contribution in [0.1, 0.15) is 55.8 Å². The fraction of sp³-hybridized carbons (Fsp3) is 0.385. The SMILES string of the molecule is CCCCOc1ccc(C=NNC(=O)CCn2c3c(c4ccccc42)CCCC3)cc1. The number of fused-ring (bicyclic) bond motifs is 3. The van der Waals surface area contributed by atoms with Gasteiger partial charge >= 0.3 is 0 Å². The molecular formula is C26H31N3O2. The Labute approximate surface area is 184 Å². The predicted octanol–water partition coefficient (Wildman–Crippen LogP) is 5.24. The van der Waals surface area contributed by atoms with Crippen LogP contribution >= 0.6 is 0 Å². The zero-order valence-corrected chi connectivity index (χ0v) is 18.3. The van der Waals surface area contributed by atoms with Crippen molar-refractivity contribution in [3.63, 3.8) is 0 Å². The highest BCUT2D eigenvalue weighted by atomic mass is 16.5. The number of hydrazone groups is 1. The molecule has 0 saturated heterocycles. The van der Waals surface area contributed by atoms with E-state index in [2.05, 4.69) is 46.3 Å². The number of ether oxygens (including phenoxy) is 1. The van der Waals surface area contributed by atoms with Crippen LogP contribution in [-0.2, 0) is 24.2 Å². The minimum Gasteiger partial charge on any atom is -0.494 e. The minimum absolute atomic E-state index is 0.0712. The molecule has 1 aliphatic carbocycles. The molecule has 0 fully saturated rings. The van der Waals surface area contributed by atoms with Crippen LogP contribution < -0.4 is 10.2 Å². The lowest BCUT2D eigenvalue weighted by atomic mass is 9.95. The third-order valence-electron chi connectivity index (χ3n) is 5.90. The maximum absolute atomic E-state index is 12.4. The molecule has 31 heavy (non-hydrogen) atoms. The van der Waals surface area contributed by atoms with Crippen LogP contribution in [0.2, 0.25) is 0 Å². The van der Waals surface area contributed by atoms with E-state index in [9.17, 15) is 4.79 Å². The highest BCUT2D eigenvalue weighted by Crippen LogP contribution is 2.32. The number of hydrogen-bond acceptors (Lipinski definition) is 3. The number of nitrogens with zero attached hydrogens (tertiary/aromatic N) is 2. The van der Waals surface area contributed by atoms with Gasteiger partial charge in [0.25, 0.3) is 0 Å². The van der Waals surface area contributed by atoms with Crippen LogP contribution in [0.25, 0.3) is 10.9 Å². The molecule has 0 saturated carbocycles. The Bertz CT molecular complexity index is 1050. The van der Waals surface area contributed by atoms with Gasteiger partial charge in [0, 0.05) is 29.6 Å².